The average Bonchev–Trinajstić information content (AvgIpc) is 2.35. The van der Waals surface area contributed by atoms with Crippen LogP contribution < -0.4 is 0 Å². The molecule has 0 aromatic heterocycles. The summed E-state index contributed by atoms with van der Waals surface area (Å²) in [5.74, 6) is 0.832. The molecule has 0 aromatic carbocycles. The molecule has 0 fully saturated rings. The molecule has 0 rings (SSSR count). The molecule has 0 aromatic rings. The average molecular weight is 338 g/mol. The van der Waals surface area contributed by atoms with Crippen molar-refractivity contribution in [3.8, 4) is 0 Å². The second-order valence-electron chi connectivity index (χ2n) is 4.78. The number of rotatable bonds is 11. The van der Waals surface area contributed by atoms with Crippen LogP contribution in [-0.2, 0) is 0 Å². The topological polar surface area (TPSA) is 0 Å². The molecule has 0 saturated carbocycles. The molecule has 0 bridgehead atoms. The van der Waals surface area contributed by atoms with Crippen molar-refractivity contribution in [1.29, 1.82) is 0 Å². The summed E-state index contributed by atoms with van der Waals surface area (Å²) in [7, 11) is 0. The maximum atomic E-state index is 3.87. The van der Waals surface area contributed by atoms with Crippen LogP contribution in [0.2, 0.25) is 3.43 Å². The fraction of sp³-hybridized carbons (Fsp3) is 0.625. The molecule has 0 heterocycles. The van der Waals surface area contributed by atoms with Crippen LogP contribution in [-0.4, -0.2) is 22.5 Å². The molecule has 1 heteroatoms. The first-order chi connectivity index (χ1) is 8.14. The van der Waals surface area contributed by atoms with Crippen LogP contribution in [0.15, 0.2) is 38.0 Å². The van der Waals surface area contributed by atoms with Crippen molar-refractivity contribution in [3.05, 3.63) is 38.0 Å². The van der Waals surface area contributed by atoms with Gasteiger partial charge >= 0.3 is 122 Å². The van der Waals surface area contributed by atoms with Gasteiger partial charge in [0.05, 0.1) is 0 Å². The summed E-state index contributed by atoms with van der Waals surface area (Å²) >= 11 is 1.69. The first-order valence-corrected chi connectivity index (χ1v) is 8.15. The van der Waals surface area contributed by atoms with Crippen molar-refractivity contribution in [2.45, 2.75) is 55.3 Å². The Kier molecular flexibility index (Phi) is 10.0. The van der Waals surface area contributed by atoms with Gasteiger partial charge < -0.3 is 0 Å². The molecule has 0 amide bonds. The van der Waals surface area contributed by atoms with Crippen molar-refractivity contribution in [2.24, 2.45) is 5.92 Å². The zero-order valence-electron chi connectivity index (χ0n) is 11.4. The molecule has 1 unspecified atom stereocenters. The van der Waals surface area contributed by atoms with E-state index < -0.39 is 0 Å². The van der Waals surface area contributed by atoms with E-state index in [1.807, 2.05) is 0 Å². The Labute approximate surface area is 121 Å². The van der Waals surface area contributed by atoms with E-state index in [0.29, 0.717) is 3.43 Å². The van der Waals surface area contributed by atoms with Gasteiger partial charge in [0.25, 0.3) is 0 Å². The van der Waals surface area contributed by atoms with E-state index in [0.717, 1.165) is 25.2 Å². The van der Waals surface area contributed by atoms with Crippen molar-refractivity contribution in [3.63, 3.8) is 0 Å². The van der Waals surface area contributed by atoms with Gasteiger partial charge in [-0.25, -0.2) is 0 Å². The minimum absolute atomic E-state index is 0.521. The molecule has 0 aliphatic rings. The fourth-order valence-corrected chi connectivity index (χ4v) is 4.26. The summed E-state index contributed by atoms with van der Waals surface area (Å²) in [5.41, 5.74) is 0. The molecule has 0 aliphatic heterocycles. The van der Waals surface area contributed by atoms with Crippen LogP contribution in [0, 0.1) is 5.92 Å². The Bertz CT molecular complexity index is 218. The van der Waals surface area contributed by atoms with Gasteiger partial charge in [-0.3, -0.25) is 0 Å². The Balaban J connectivity index is 4.61. The van der Waals surface area contributed by atoms with Crippen LogP contribution in [0.5, 0.6) is 0 Å². The minimum atomic E-state index is 0.521. The quantitative estimate of drug-likeness (QED) is 0.357. The number of hydrogen-bond acceptors (Lipinski definition) is 0. The molecule has 17 heavy (non-hydrogen) atoms. The van der Waals surface area contributed by atoms with Gasteiger partial charge in [-0.05, 0) is 0 Å². The number of hydrogen-bond donors (Lipinski definition) is 0. The summed E-state index contributed by atoms with van der Waals surface area (Å²) in [5, 5.41) is 0. The standard InChI is InChI=1S/C16H27.Sn/c1-5-9-12-15(8-4)16(13-10-6-2)14-11-7-3;/h5-7,15H,1-3,8-14H2,4H3;. The fourth-order valence-electron chi connectivity index (χ4n) is 2.44. The Morgan fingerprint density at radius 2 is 1.47 bits per heavy atom. The van der Waals surface area contributed by atoms with Gasteiger partial charge in [0.1, 0.15) is 0 Å². The molecule has 95 valence electrons. The summed E-state index contributed by atoms with van der Waals surface area (Å²) < 4.78 is 0.521. The van der Waals surface area contributed by atoms with Gasteiger partial charge in [0.15, 0.2) is 0 Å². The van der Waals surface area contributed by atoms with E-state index in [1.165, 1.54) is 25.7 Å². The van der Waals surface area contributed by atoms with Crippen LogP contribution in [0.1, 0.15) is 51.9 Å². The second-order valence-corrected chi connectivity index (χ2v) is 7.62. The third-order valence-corrected chi connectivity index (χ3v) is 6.17. The van der Waals surface area contributed by atoms with E-state index in [4.69, 9.17) is 0 Å². The van der Waals surface area contributed by atoms with Crippen LogP contribution in [0.3, 0.4) is 0 Å². The van der Waals surface area contributed by atoms with Gasteiger partial charge in [-0.15, -0.1) is 0 Å². The molecule has 1 atom stereocenters. The van der Waals surface area contributed by atoms with Crippen molar-refractivity contribution < 1.29 is 0 Å². The zero-order chi connectivity index (χ0) is 13.1. The SMILES string of the molecule is C=CCCC(CC)[C]([Sn])(CCC=C)CCC=C. The predicted octanol–water partition coefficient (Wildman–Crippen LogP) is 5.24. The maximum absolute atomic E-state index is 3.87. The third kappa shape index (κ3) is 6.49. The van der Waals surface area contributed by atoms with Crippen molar-refractivity contribution in [1.82, 2.24) is 0 Å². The monoisotopic (exact) mass is 339 g/mol. The molecular formula is C16H27Sn. The van der Waals surface area contributed by atoms with Gasteiger partial charge in [-0.2, -0.15) is 0 Å². The van der Waals surface area contributed by atoms with E-state index in [2.05, 4.69) is 44.9 Å². The van der Waals surface area contributed by atoms with E-state index >= 15 is 0 Å². The molecule has 0 N–H and O–H groups in total. The Morgan fingerprint density at radius 3 is 1.82 bits per heavy atom. The van der Waals surface area contributed by atoms with Crippen LogP contribution in [0.4, 0.5) is 0 Å². The van der Waals surface area contributed by atoms with Crippen LogP contribution in [0.25, 0.3) is 0 Å². The molecule has 0 spiro atoms. The van der Waals surface area contributed by atoms with E-state index in [-0.39, 0.29) is 0 Å². The summed E-state index contributed by atoms with van der Waals surface area (Å²) in [6.45, 7) is 13.9. The van der Waals surface area contributed by atoms with Gasteiger partial charge in [-0.1, -0.05) is 0 Å². The van der Waals surface area contributed by atoms with E-state index in [9.17, 15) is 0 Å². The van der Waals surface area contributed by atoms with Gasteiger partial charge in [0.2, 0.25) is 0 Å². The number of allylic oxidation sites excluding steroid dienone is 3. The normalized spacial score (nSPS) is 13.1. The first kappa shape index (κ1) is 17.0. The molecule has 0 aliphatic carbocycles. The summed E-state index contributed by atoms with van der Waals surface area (Å²) in [6.07, 6.45) is 14.8. The Morgan fingerprint density at radius 1 is 1.00 bits per heavy atom. The second kappa shape index (κ2) is 9.99. The third-order valence-electron chi connectivity index (χ3n) is 3.58. The molecular weight excluding hydrogens is 311 g/mol. The van der Waals surface area contributed by atoms with Crippen molar-refractivity contribution in [2.75, 3.05) is 0 Å². The summed E-state index contributed by atoms with van der Waals surface area (Å²) in [4.78, 5) is 0. The van der Waals surface area contributed by atoms with Crippen molar-refractivity contribution >= 4 is 22.5 Å². The molecule has 3 radical (unpaired) electrons. The molecule has 0 saturated heterocycles. The Hall–Kier alpha value is 0.0187. The summed E-state index contributed by atoms with van der Waals surface area (Å²) in [6, 6.07) is 0. The first-order valence-electron chi connectivity index (χ1n) is 6.72. The molecule has 0 nitrogen and oxygen atoms in total. The van der Waals surface area contributed by atoms with Gasteiger partial charge in [0, 0.05) is 0 Å². The predicted molar refractivity (Wildman–Crippen MR) is 80.5 cm³/mol. The van der Waals surface area contributed by atoms with E-state index in [1.54, 1.807) is 22.5 Å². The van der Waals surface area contributed by atoms with Crippen LogP contribution >= 0.6 is 0 Å². The zero-order valence-corrected chi connectivity index (χ0v) is 14.2.